The van der Waals surface area contributed by atoms with E-state index in [1.165, 1.54) is 6.92 Å². The molecule has 0 spiro atoms. The van der Waals surface area contributed by atoms with Crippen LogP contribution < -0.4 is 14.8 Å². The van der Waals surface area contributed by atoms with E-state index in [-0.39, 0.29) is 12.4 Å². The van der Waals surface area contributed by atoms with Gasteiger partial charge in [-0.05, 0) is 49.5 Å². The van der Waals surface area contributed by atoms with Crippen LogP contribution in [0.2, 0.25) is 0 Å². The van der Waals surface area contributed by atoms with Crippen LogP contribution in [0.15, 0.2) is 23.4 Å². The molecular formula is C19H28ClN3O5. The van der Waals surface area contributed by atoms with Gasteiger partial charge in [-0.1, -0.05) is 11.2 Å². The highest BCUT2D eigenvalue weighted by atomic mass is 35.5. The molecule has 1 amide bonds. The SMILES string of the molecule is COc1ccc(CN2CCC(CNC(=O)C(=NO)C(C)=O)CC2)cc1OC.Cl. The fourth-order valence-electron chi connectivity index (χ4n) is 3.18. The molecule has 1 aliphatic rings. The summed E-state index contributed by atoms with van der Waals surface area (Å²) >= 11 is 0. The first-order valence-corrected chi connectivity index (χ1v) is 8.93. The van der Waals surface area contributed by atoms with Gasteiger partial charge in [0, 0.05) is 20.0 Å². The normalized spacial score (nSPS) is 15.5. The molecule has 1 aliphatic heterocycles. The van der Waals surface area contributed by atoms with Gasteiger partial charge in [-0.2, -0.15) is 0 Å². The van der Waals surface area contributed by atoms with Crippen molar-refractivity contribution in [1.82, 2.24) is 10.2 Å². The number of ketones is 1. The number of carbonyl (C=O) groups excluding carboxylic acids is 2. The van der Waals surface area contributed by atoms with Crippen LogP contribution in [0.25, 0.3) is 0 Å². The third-order valence-electron chi connectivity index (χ3n) is 4.76. The number of piperidine rings is 1. The average molecular weight is 414 g/mol. The summed E-state index contributed by atoms with van der Waals surface area (Å²) in [6.07, 6.45) is 1.89. The summed E-state index contributed by atoms with van der Waals surface area (Å²) in [5, 5.41) is 14.2. The Morgan fingerprint density at radius 2 is 1.86 bits per heavy atom. The third kappa shape index (κ3) is 6.38. The largest absolute Gasteiger partial charge is 0.493 e. The van der Waals surface area contributed by atoms with E-state index in [1.54, 1.807) is 14.2 Å². The monoisotopic (exact) mass is 413 g/mol. The number of nitrogens with one attached hydrogen (secondary N) is 1. The Morgan fingerprint density at radius 3 is 2.39 bits per heavy atom. The third-order valence-corrected chi connectivity index (χ3v) is 4.76. The van der Waals surface area contributed by atoms with Gasteiger partial charge in [0.05, 0.1) is 14.2 Å². The lowest BCUT2D eigenvalue weighted by atomic mass is 9.96. The van der Waals surface area contributed by atoms with Crippen LogP contribution >= 0.6 is 12.4 Å². The molecule has 2 N–H and O–H groups in total. The van der Waals surface area contributed by atoms with Crippen LogP contribution in [-0.4, -0.2) is 61.4 Å². The quantitative estimate of drug-likeness (QED) is 0.292. The summed E-state index contributed by atoms with van der Waals surface area (Å²) in [4.78, 5) is 25.4. The highest BCUT2D eigenvalue weighted by Crippen LogP contribution is 2.28. The van der Waals surface area contributed by atoms with E-state index in [4.69, 9.17) is 14.7 Å². The van der Waals surface area contributed by atoms with Crippen molar-refractivity contribution < 1.29 is 24.3 Å². The Bertz CT molecular complexity index is 703. The standard InChI is InChI=1S/C19H27N3O5.ClH/c1-13(23)18(21-25)19(24)20-11-14-6-8-22(9-7-14)12-15-4-5-16(26-2)17(10-15)27-3;/h4-5,10,14,25H,6-9,11-12H2,1-3H3,(H,20,24);1H. The first kappa shape index (κ1) is 23.7. The van der Waals surface area contributed by atoms with Crippen molar-refractivity contribution in [3.63, 3.8) is 0 Å². The second kappa shape index (κ2) is 11.5. The Kier molecular flexibility index (Phi) is 9.75. The summed E-state index contributed by atoms with van der Waals surface area (Å²) < 4.78 is 10.6. The van der Waals surface area contributed by atoms with Crippen molar-refractivity contribution in [2.45, 2.75) is 26.3 Å². The predicted octanol–water partition coefficient (Wildman–Crippen LogP) is 1.87. The maximum absolute atomic E-state index is 11.8. The van der Waals surface area contributed by atoms with E-state index in [0.29, 0.717) is 18.2 Å². The fraction of sp³-hybridized carbons (Fsp3) is 0.526. The molecule has 9 heteroatoms. The number of benzene rings is 1. The maximum Gasteiger partial charge on any atom is 0.277 e. The minimum Gasteiger partial charge on any atom is -0.493 e. The lowest BCUT2D eigenvalue weighted by Crippen LogP contribution is -2.41. The lowest BCUT2D eigenvalue weighted by Gasteiger charge is -2.32. The maximum atomic E-state index is 11.8. The molecule has 0 atom stereocenters. The number of hydrogen-bond acceptors (Lipinski definition) is 7. The summed E-state index contributed by atoms with van der Waals surface area (Å²) in [5.74, 6) is 0.589. The number of carbonyl (C=O) groups is 2. The second-order valence-corrected chi connectivity index (χ2v) is 6.62. The molecule has 1 saturated heterocycles. The minimum atomic E-state index is -0.627. The van der Waals surface area contributed by atoms with Crippen molar-refractivity contribution in [1.29, 1.82) is 0 Å². The van der Waals surface area contributed by atoms with Gasteiger partial charge in [-0.15, -0.1) is 12.4 Å². The number of methoxy groups -OCH3 is 2. The van der Waals surface area contributed by atoms with Crippen LogP contribution in [0.1, 0.15) is 25.3 Å². The van der Waals surface area contributed by atoms with Gasteiger partial charge in [0.15, 0.2) is 17.3 Å². The highest BCUT2D eigenvalue weighted by molar-refractivity contribution is 6.65. The zero-order chi connectivity index (χ0) is 19.8. The van der Waals surface area contributed by atoms with Crippen molar-refractivity contribution in [3.8, 4) is 11.5 Å². The van der Waals surface area contributed by atoms with Gasteiger partial charge in [0.25, 0.3) is 5.91 Å². The minimum absolute atomic E-state index is 0. The number of oxime groups is 1. The van der Waals surface area contributed by atoms with E-state index in [2.05, 4.69) is 15.4 Å². The molecule has 0 aliphatic carbocycles. The fourth-order valence-corrected chi connectivity index (χ4v) is 3.18. The topological polar surface area (TPSA) is 100 Å². The molecule has 0 bridgehead atoms. The van der Waals surface area contributed by atoms with E-state index < -0.39 is 17.4 Å². The number of halogens is 1. The second-order valence-electron chi connectivity index (χ2n) is 6.62. The van der Waals surface area contributed by atoms with Crippen molar-refractivity contribution in [2.24, 2.45) is 11.1 Å². The van der Waals surface area contributed by atoms with Crippen LogP contribution in [0.4, 0.5) is 0 Å². The first-order chi connectivity index (χ1) is 13.0. The molecule has 156 valence electrons. The Balaban J connectivity index is 0.00000392. The summed E-state index contributed by atoms with van der Waals surface area (Å²) in [6.45, 7) is 4.33. The molecule has 1 aromatic rings. The number of ether oxygens (including phenoxy) is 2. The van der Waals surface area contributed by atoms with Crippen LogP contribution in [0.3, 0.4) is 0 Å². The smallest absolute Gasteiger partial charge is 0.277 e. The molecule has 8 nitrogen and oxygen atoms in total. The molecule has 0 aromatic heterocycles. The molecule has 1 aromatic carbocycles. The molecule has 1 fully saturated rings. The molecule has 28 heavy (non-hydrogen) atoms. The van der Waals surface area contributed by atoms with E-state index >= 15 is 0 Å². The summed E-state index contributed by atoms with van der Waals surface area (Å²) in [6, 6.07) is 5.93. The number of nitrogens with zero attached hydrogens (tertiary/aromatic N) is 2. The predicted molar refractivity (Wildman–Crippen MR) is 108 cm³/mol. The van der Waals surface area contributed by atoms with Crippen LogP contribution in [0, 0.1) is 5.92 Å². The van der Waals surface area contributed by atoms with Gasteiger partial charge in [-0.3, -0.25) is 14.5 Å². The Hall–Kier alpha value is -2.32. The molecular weight excluding hydrogens is 386 g/mol. The van der Waals surface area contributed by atoms with Gasteiger partial charge >= 0.3 is 0 Å². The molecule has 0 saturated carbocycles. The Morgan fingerprint density at radius 1 is 1.21 bits per heavy atom. The molecule has 0 unspecified atom stereocenters. The van der Waals surface area contributed by atoms with E-state index in [9.17, 15) is 9.59 Å². The van der Waals surface area contributed by atoms with Gasteiger partial charge < -0.3 is 20.0 Å². The van der Waals surface area contributed by atoms with Gasteiger partial charge in [0.1, 0.15) is 0 Å². The lowest BCUT2D eigenvalue weighted by molar-refractivity contribution is -0.117. The highest BCUT2D eigenvalue weighted by Gasteiger charge is 2.22. The number of hydrogen-bond donors (Lipinski definition) is 2. The van der Waals surface area contributed by atoms with Crippen LogP contribution in [0.5, 0.6) is 11.5 Å². The molecule has 2 rings (SSSR count). The number of likely N-dealkylation sites (tertiary alicyclic amines) is 1. The summed E-state index contributed by atoms with van der Waals surface area (Å²) in [7, 11) is 3.24. The Labute approximate surface area is 171 Å². The number of Topliss-reactive ketones (excluding diaryl/α,β-unsaturated/α-hetero) is 1. The summed E-state index contributed by atoms with van der Waals surface area (Å²) in [5.41, 5.74) is 0.700. The first-order valence-electron chi connectivity index (χ1n) is 8.93. The van der Waals surface area contributed by atoms with E-state index in [1.807, 2.05) is 18.2 Å². The van der Waals surface area contributed by atoms with Crippen molar-refractivity contribution >= 4 is 29.8 Å². The number of rotatable bonds is 8. The number of amides is 1. The van der Waals surface area contributed by atoms with Crippen LogP contribution in [-0.2, 0) is 16.1 Å². The van der Waals surface area contributed by atoms with Gasteiger partial charge in [-0.25, -0.2) is 0 Å². The van der Waals surface area contributed by atoms with Crippen molar-refractivity contribution in [3.05, 3.63) is 23.8 Å². The molecule has 1 heterocycles. The van der Waals surface area contributed by atoms with Gasteiger partial charge in [0.2, 0.25) is 5.71 Å². The molecule has 0 radical (unpaired) electrons. The van der Waals surface area contributed by atoms with E-state index in [0.717, 1.165) is 43.8 Å². The average Bonchev–Trinajstić information content (AvgIpc) is 2.67. The van der Waals surface area contributed by atoms with Crippen molar-refractivity contribution in [2.75, 3.05) is 33.9 Å². The zero-order valence-corrected chi connectivity index (χ0v) is 17.3. The zero-order valence-electron chi connectivity index (χ0n) is 16.4.